The van der Waals surface area contributed by atoms with E-state index >= 15 is 0 Å². The SMILES string of the molecule is CC(C)[C@H](NC(=O)[C@H](C)NC(=O)[C@H](Cc1cnc[nH]1)NC(=O)[C@H](CCCCN)NC(=O)[C@@H](N)CS)C(=O)N[C@H](C(=O)N[C@@H](CS)C(=O)O)C(C)C. The fraction of sp³-hybridized carbons (Fsp3) is 0.677. The fourth-order valence-corrected chi connectivity index (χ4v) is 5.05. The van der Waals surface area contributed by atoms with E-state index in [-0.39, 0.29) is 24.3 Å². The van der Waals surface area contributed by atoms with Gasteiger partial charge >= 0.3 is 5.97 Å². The number of nitrogens with two attached hydrogens (primary N) is 2. The van der Waals surface area contributed by atoms with Crippen LogP contribution in [0.5, 0.6) is 0 Å². The number of carbonyl (C=O) groups is 7. The molecule has 0 bridgehead atoms. The maximum Gasteiger partial charge on any atom is 0.327 e. The van der Waals surface area contributed by atoms with Crippen molar-refractivity contribution in [1.82, 2.24) is 41.9 Å². The molecule has 7 atom stereocenters. The lowest BCUT2D eigenvalue weighted by atomic mass is 9.99. The number of carboxylic acid groups (broad SMARTS) is 1. The van der Waals surface area contributed by atoms with Gasteiger partial charge in [-0.3, -0.25) is 28.8 Å². The van der Waals surface area contributed by atoms with E-state index in [4.69, 9.17) is 11.5 Å². The van der Waals surface area contributed by atoms with Gasteiger partial charge in [0.1, 0.15) is 36.3 Å². The molecule has 1 heterocycles. The van der Waals surface area contributed by atoms with Crippen molar-refractivity contribution in [3.05, 3.63) is 18.2 Å². The molecule has 20 heteroatoms. The van der Waals surface area contributed by atoms with Crippen molar-refractivity contribution in [3.63, 3.8) is 0 Å². The second-order valence-electron chi connectivity index (χ2n) is 12.7. The molecular formula is C31H54N10O8S2. The predicted molar refractivity (Wildman–Crippen MR) is 195 cm³/mol. The van der Waals surface area contributed by atoms with Crippen LogP contribution in [0, 0.1) is 11.8 Å². The first kappa shape index (κ1) is 45.1. The molecule has 288 valence electrons. The van der Waals surface area contributed by atoms with Crippen LogP contribution in [0.25, 0.3) is 0 Å². The van der Waals surface area contributed by atoms with Crippen molar-refractivity contribution in [1.29, 1.82) is 0 Å². The molecule has 0 radical (unpaired) electrons. The number of aromatic amines is 1. The zero-order chi connectivity index (χ0) is 38.8. The van der Waals surface area contributed by atoms with Crippen LogP contribution in [-0.4, -0.2) is 117 Å². The standard InChI is InChI=1S/C31H54N10O8S2/c1-15(2)23(29(46)39-22(13-51)31(48)49)41-30(47)24(16(3)4)40-25(42)17(5)36-28(45)21(10-18-11-34-14-35-18)38-27(44)20(8-6-7-9-32)37-26(43)19(33)12-50/h11,14-17,19-24,50-51H,6-10,12-13,32-33H2,1-5H3,(H,34,35)(H,36,45)(H,37,43)(H,38,44)(H,39,46)(H,40,42)(H,41,47)(H,48,49)/t17-,19-,20-,21-,22-,23-,24-/m0/s1. The molecular weight excluding hydrogens is 705 g/mol. The summed E-state index contributed by atoms with van der Waals surface area (Å²) in [5, 5.41) is 24.6. The largest absolute Gasteiger partial charge is 0.480 e. The summed E-state index contributed by atoms with van der Waals surface area (Å²) in [7, 11) is 0. The summed E-state index contributed by atoms with van der Waals surface area (Å²) >= 11 is 7.98. The molecule has 1 aromatic heterocycles. The second-order valence-corrected chi connectivity index (χ2v) is 13.5. The Labute approximate surface area is 308 Å². The van der Waals surface area contributed by atoms with Gasteiger partial charge < -0.3 is 53.5 Å². The number of thiol groups is 2. The van der Waals surface area contributed by atoms with E-state index in [2.05, 4.69) is 67.1 Å². The number of H-pyrrole nitrogens is 1. The number of nitrogens with zero attached hydrogens (tertiary/aromatic N) is 1. The molecule has 0 aliphatic rings. The van der Waals surface area contributed by atoms with E-state index in [1.165, 1.54) is 19.4 Å². The van der Waals surface area contributed by atoms with Crippen LogP contribution < -0.4 is 43.4 Å². The van der Waals surface area contributed by atoms with E-state index < -0.39 is 95.5 Å². The number of aliphatic carboxylic acids is 1. The highest BCUT2D eigenvalue weighted by molar-refractivity contribution is 7.80. The first-order chi connectivity index (χ1) is 24.0. The van der Waals surface area contributed by atoms with Crippen molar-refractivity contribution in [2.45, 2.75) is 103 Å². The minimum absolute atomic E-state index is 0.0445. The fourth-order valence-electron chi connectivity index (χ4n) is 4.64. The van der Waals surface area contributed by atoms with Gasteiger partial charge in [0.25, 0.3) is 0 Å². The van der Waals surface area contributed by atoms with Gasteiger partial charge in [-0.15, -0.1) is 0 Å². The quantitative estimate of drug-likeness (QED) is 0.0412. The summed E-state index contributed by atoms with van der Waals surface area (Å²) in [6.45, 7) is 8.42. The molecule has 0 aromatic carbocycles. The third-order valence-corrected chi connectivity index (χ3v) is 8.53. The van der Waals surface area contributed by atoms with Crippen LogP contribution in [0.1, 0.15) is 59.6 Å². The van der Waals surface area contributed by atoms with Gasteiger partial charge in [-0.1, -0.05) is 27.7 Å². The van der Waals surface area contributed by atoms with Gasteiger partial charge in [0.2, 0.25) is 35.4 Å². The lowest BCUT2D eigenvalue weighted by Gasteiger charge is -2.29. The Balaban J connectivity index is 3.11. The Morgan fingerprint density at radius 1 is 0.725 bits per heavy atom. The van der Waals surface area contributed by atoms with Crippen molar-refractivity contribution >= 4 is 66.7 Å². The summed E-state index contributed by atoms with van der Waals surface area (Å²) in [6.07, 6.45) is 4.13. The molecule has 12 N–H and O–H groups in total. The Kier molecular flexibility index (Phi) is 20.2. The molecule has 0 saturated heterocycles. The maximum atomic E-state index is 13.5. The average Bonchev–Trinajstić information content (AvgIpc) is 3.59. The zero-order valence-electron chi connectivity index (χ0n) is 29.6. The summed E-state index contributed by atoms with van der Waals surface area (Å²) in [6, 6.07) is -7.97. The van der Waals surface area contributed by atoms with Gasteiger partial charge in [-0.05, 0) is 44.6 Å². The molecule has 0 spiro atoms. The molecule has 0 aliphatic carbocycles. The highest BCUT2D eigenvalue weighted by atomic mass is 32.1. The molecule has 1 rings (SSSR count). The van der Waals surface area contributed by atoms with Gasteiger partial charge in [0.15, 0.2) is 0 Å². The van der Waals surface area contributed by atoms with Crippen LogP contribution in [0.15, 0.2) is 12.5 Å². The second kappa shape index (κ2) is 22.8. The lowest BCUT2D eigenvalue weighted by Crippen LogP contribution is -2.61. The molecule has 1 aromatic rings. The first-order valence-electron chi connectivity index (χ1n) is 16.7. The monoisotopic (exact) mass is 758 g/mol. The highest BCUT2D eigenvalue weighted by Gasteiger charge is 2.34. The molecule has 51 heavy (non-hydrogen) atoms. The third kappa shape index (κ3) is 15.5. The number of carbonyl (C=O) groups excluding carboxylic acids is 6. The highest BCUT2D eigenvalue weighted by Crippen LogP contribution is 2.09. The summed E-state index contributed by atoms with van der Waals surface area (Å²) < 4.78 is 0. The van der Waals surface area contributed by atoms with Crippen LogP contribution in [0.3, 0.4) is 0 Å². The third-order valence-electron chi connectivity index (χ3n) is 7.77. The molecule has 0 fully saturated rings. The first-order valence-corrected chi connectivity index (χ1v) is 17.9. The topological polar surface area (TPSA) is 293 Å². The van der Waals surface area contributed by atoms with Crippen molar-refractivity contribution in [2.75, 3.05) is 18.1 Å². The summed E-state index contributed by atoms with van der Waals surface area (Å²) in [4.78, 5) is 97.2. The molecule has 6 amide bonds. The number of aromatic nitrogens is 2. The number of hydrogen-bond acceptors (Lipinski definition) is 12. The molecule has 0 saturated carbocycles. The minimum atomic E-state index is -1.29. The van der Waals surface area contributed by atoms with E-state index in [1.807, 2.05) is 0 Å². The zero-order valence-corrected chi connectivity index (χ0v) is 31.4. The number of amides is 6. The van der Waals surface area contributed by atoms with Crippen molar-refractivity contribution < 1.29 is 38.7 Å². The van der Waals surface area contributed by atoms with E-state index in [1.54, 1.807) is 27.7 Å². The van der Waals surface area contributed by atoms with Crippen LogP contribution in [-0.2, 0) is 40.0 Å². The Morgan fingerprint density at radius 3 is 1.75 bits per heavy atom. The summed E-state index contributed by atoms with van der Waals surface area (Å²) in [5.41, 5.74) is 11.9. The number of rotatable bonds is 23. The van der Waals surface area contributed by atoms with Gasteiger partial charge in [0.05, 0.1) is 12.4 Å². The Hall–Kier alpha value is -3.88. The smallest absolute Gasteiger partial charge is 0.327 e. The minimum Gasteiger partial charge on any atom is -0.480 e. The van der Waals surface area contributed by atoms with Crippen LogP contribution >= 0.6 is 25.3 Å². The normalized spacial score (nSPS) is 15.4. The number of carboxylic acids is 1. The number of nitrogens with one attached hydrogen (secondary N) is 7. The predicted octanol–water partition coefficient (Wildman–Crippen LogP) is -2.41. The molecule has 18 nitrogen and oxygen atoms in total. The molecule has 0 aliphatic heterocycles. The van der Waals surface area contributed by atoms with E-state index in [9.17, 15) is 38.7 Å². The van der Waals surface area contributed by atoms with Gasteiger partial charge in [-0.2, -0.15) is 25.3 Å². The summed E-state index contributed by atoms with van der Waals surface area (Å²) in [5.74, 6) is -6.48. The number of unbranched alkanes of at least 4 members (excludes halogenated alkanes) is 1. The van der Waals surface area contributed by atoms with Crippen LogP contribution in [0.4, 0.5) is 0 Å². The van der Waals surface area contributed by atoms with Crippen molar-refractivity contribution in [3.8, 4) is 0 Å². The van der Waals surface area contributed by atoms with Gasteiger partial charge in [-0.25, -0.2) is 9.78 Å². The Bertz CT molecular complexity index is 1320. The van der Waals surface area contributed by atoms with Crippen LogP contribution in [0.2, 0.25) is 0 Å². The Morgan fingerprint density at radius 2 is 1.25 bits per heavy atom. The maximum absolute atomic E-state index is 13.5. The molecule has 0 unspecified atom stereocenters. The number of imidazole rings is 1. The van der Waals surface area contributed by atoms with Crippen molar-refractivity contribution in [2.24, 2.45) is 23.3 Å². The van der Waals surface area contributed by atoms with E-state index in [0.717, 1.165) is 0 Å². The average molecular weight is 759 g/mol. The van der Waals surface area contributed by atoms with Gasteiger partial charge in [0, 0.05) is 29.8 Å². The van der Waals surface area contributed by atoms with E-state index in [0.29, 0.717) is 25.1 Å². The lowest BCUT2D eigenvalue weighted by molar-refractivity contribution is -0.142. The number of hydrogen-bond donors (Lipinski definition) is 12.